The number of rotatable bonds is 76. The van der Waals surface area contributed by atoms with Crippen molar-refractivity contribution in [2.45, 2.75) is 341 Å². The number of phosphoric ester groups is 2. The van der Waals surface area contributed by atoms with E-state index in [4.69, 9.17) is 37.0 Å². The third kappa shape index (κ3) is 77.1. The molecule has 0 amide bonds. The Hall–Kier alpha value is -5.06. The zero-order chi connectivity index (χ0) is 77.4. The lowest BCUT2D eigenvalue weighted by Gasteiger charge is -2.21. The molecule has 0 aliphatic rings. The minimum Gasteiger partial charge on any atom is -0.462 e. The lowest BCUT2D eigenvalue weighted by Crippen LogP contribution is -2.30. The van der Waals surface area contributed by atoms with Crippen LogP contribution >= 0.6 is 15.6 Å². The van der Waals surface area contributed by atoms with Gasteiger partial charge >= 0.3 is 39.5 Å². The summed E-state index contributed by atoms with van der Waals surface area (Å²) in [4.78, 5) is 73.1. The van der Waals surface area contributed by atoms with Crippen molar-refractivity contribution in [3.8, 4) is 0 Å². The van der Waals surface area contributed by atoms with E-state index in [2.05, 4.69) is 161 Å². The van der Waals surface area contributed by atoms with Crippen molar-refractivity contribution in [1.29, 1.82) is 0 Å². The molecular formula is C87H146O17P2. The van der Waals surface area contributed by atoms with Gasteiger partial charge in [0.2, 0.25) is 0 Å². The van der Waals surface area contributed by atoms with Crippen LogP contribution in [-0.4, -0.2) is 96.7 Å². The molecule has 0 saturated carbocycles. The molecule has 0 aromatic heterocycles. The predicted octanol–water partition coefficient (Wildman–Crippen LogP) is 24.2. The van der Waals surface area contributed by atoms with E-state index in [1.807, 2.05) is 12.2 Å². The zero-order valence-corrected chi connectivity index (χ0v) is 68.1. The monoisotopic (exact) mass is 1530 g/mol. The molecule has 0 radical (unpaired) electrons. The van der Waals surface area contributed by atoms with E-state index in [1.165, 1.54) is 57.8 Å². The maximum Gasteiger partial charge on any atom is 0.472 e. The smallest absolute Gasteiger partial charge is 0.462 e. The van der Waals surface area contributed by atoms with Crippen LogP contribution in [0.3, 0.4) is 0 Å². The van der Waals surface area contributed by atoms with Crippen LogP contribution in [0.25, 0.3) is 0 Å². The summed E-state index contributed by atoms with van der Waals surface area (Å²) in [6.07, 6.45) is 89.6. The number of carbonyl (C=O) groups is 4. The molecule has 0 heterocycles. The number of unbranched alkanes of at least 4 members (excludes halogenated alkanes) is 26. The molecule has 106 heavy (non-hydrogen) atoms. The molecule has 0 saturated heterocycles. The topological polar surface area (TPSA) is 237 Å². The van der Waals surface area contributed by atoms with Crippen molar-refractivity contribution in [3.05, 3.63) is 146 Å². The molecule has 0 spiro atoms. The van der Waals surface area contributed by atoms with Crippen LogP contribution in [0, 0.1) is 0 Å². The number of ether oxygens (including phenoxy) is 4. The molecule has 0 aliphatic heterocycles. The first kappa shape index (κ1) is 101. The number of hydrogen-bond acceptors (Lipinski definition) is 15. The highest BCUT2D eigenvalue weighted by Crippen LogP contribution is 2.45. The largest absolute Gasteiger partial charge is 0.472 e. The Morgan fingerprint density at radius 3 is 0.792 bits per heavy atom. The number of esters is 4. The van der Waals surface area contributed by atoms with E-state index in [0.717, 1.165) is 180 Å². The Bertz CT molecular complexity index is 2580. The van der Waals surface area contributed by atoms with Crippen molar-refractivity contribution >= 4 is 39.5 Å². The lowest BCUT2D eigenvalue weighted by atomic mass is 10.1. The maximum absolute atomic E-state index is 13.1. The van der Waals surface area contributed by atoms with Gasteiger partial charge in [-0.15, -0.1) is 0 Å². The minimum atomic E-state index is -5.00. The summed E-state index contributed by atoms with van der Waals surface area (Å²) < 4.78 is 68.6. The summed E-state index contributed by atoms with van der Waals surface area (Å²) in [6, 6.07) is 0. The highest BCUT2D eigenvalue weighted by atomic mass is 31.2. The van der Waals surface area contributed by atoms with Gasteiger partial charge in [-0.05, 0) is 167 Å². The maximum atomic E-state index is 13.1. The fraction of sp³-hybridized carbons (Fsp3) is 0.678. The minimum absolute atomic E-state index is 0.0624. The normalized spacial score (nSPS) is 14.6. The quantitative estimate of drug-likeness (QED) is 0.0169. The third-order valence-corrected chi connectivity index (χ3v) is 18.7. The first-order valence-corrected chi connectivity index (χ1v) is 44.1. The van der Waals surface area contributed by atoms with E-state index in [9.17, 15) is 43.2 Å². The molecule has 0 aromatic carbocycles. The molecule has 5 atom stereocenters. The van der Waals surface area contributed by atoms with Crippen LogP contribution in [0.5, 0.6) is 0 Å². The second-order valence-electron chi connectivity index (χ2n) is 27.0. The van der Waals surface area contributed by atoms with Gasteiger partial charge in [0.1, 0.15) is 19.3 Å². The van der Waals surface area contributed by atoms with Crippen LogP contribution < -0.4 is 0 Å². The molecular weight excluding hydrogens is 1380 g/mol. The van der Waals surface area contributed by atoms with Crippen LogP contribution in [0.1, 0.15) is 323 Å². The number of hydrogen-bond donors (Lipinski definition) is 3. The first-order chi connectivity index (χ1) is 51.7. The molecule has 0 aromatic rings. The van der Waals surface area contributed by atoms with Crippen molar-refractivity contribution in [2.75, 3.05) is 39.6 Å². The highest BCUT2D eigenvalue weighted by molar-refractivity contribution is 7.47. The highest BCUT2D eigenvalue weighted by Gasteiger charge is 2.30. The number of phosphoric acid groups is 2. The van der Waals surface area contributed by atoms with Crippen LogP contribution in [-0.2, 0) is 65.4 Å². The molecule has 0 rings (SSSR count). The van der Waals surface area contributed by atoms with Gasteiger partial charge in [-0.2, -0.15) is 0 Å². The van der Waals surface area contributed by atoms with Gasteiger partial charge in [0, 0.05) is 25.7 Å². The summed E-state index contributed by atoms with van der Waals surface area (Å²) in [5, 5.41) is 10.7. The average molecular weight is 1530 g/mol. The van der Waals surface area contributed by atoms with E-state index in [-0.39, 0.29) is 25.7 Å². The summed E-state index contributed by atoms with van der Waals surface area (Å²) in [5.74, 6) is -2.29. The lowest BCUT2D eigenvalue weighted by molar-refractivity contribution is -0.161. The van der Waals surface area contributed by atoms with E-state index >= 15 is 0 Å². The van der Waals surface area contributed by atoms with E-state index < -0.39 is 97.5 Å². The van der Waals surface area contributed by atoms with Gasteiger partial charge in [-0.1, -0.05) is 276 Å². The fourth-order valence-corrected chi connectivity index (χ4v) is 12.1. The van der Waals surface area contributed by atoms with Gasteiger partial charge in [0.05, 0.1) is 26.4 Å². The fourth-order valence-electron chi connectivity index (χ4n) is 10.5. The molecule has 3 N–H and O–H groups in total. The molecule has 0 bridgehead atoms. The number of aliphatic hydroxyl groups excluding tert-OH is 1. The Kier molecular flexibility index (Phi) is 74.3. The van der Waals surface area contributed by atoms with Crippen molar-refractivity contribution in [1.82, 2.24) is 0 Å². The van der Waals surface area contributed by atoms with Crippen LogP contribution in [0.15, 0.2) is 146 Å². The van der Waals surface area contributed by atoms with Gasteiger partial charge < -0.3 is 33.8 Å². The second-order valence-corrected chi connectivity index (χ2v) is 29.9. The number of allylic oxidation sites excluding steroid dienone is 24. The third-order valence-electron chi connectivity index (χ3n) is 16.8. The summed E-state index contributed by atoms with van der Waals surface area (Å²) in [6.45, 7) is 4.58. The molecule has 19 heteroatoms. The molecule has 5 unspecified atom stereocenters. The standard InChI is InChI=1S/C87H146O17P2/c1-5-9-13-17-21-25-29-33-37-39-40-42-46-48-52-56-60-64-68-72-85(90)98-78-83(104-87(92)74-70-66-62-58-54-50-44-36-32-28-24-20-16-12-8-4)80-102-106(95,96)100-76-81(88)75-99-105(93,94)101-79-82(103-86(91)73-69-65-61-57-53-49-43-35-31-27-23-19-15-11-7-3)77-97-84(89)71-67-63-59-55-51-47-45-41-38-34-30-26-22-18-14-10-6-2/h10,14,21-28,33-38,40,42-45,47,55,59,81-83,88H,5-9,11-13,15-20,29-32,39,41,46,48-54,56-58,60-80H2,1-4H3,(H,93,94)(H,95,96)/b14-10-,25-21-,26-22-,27-23-,28-24-,37-33-,38-34-,42-40-,43-35-,44-36-,47-45-,59-55-. The Morgan fingerprint density at radius 2 is 0.500 bits per heavy atom. The molecule has 0 fully saturated rings. The summed E-state index contributed by atoms with van der Waals surface area (Å²) >= 11 is 0. The zero-order valence-electron chi connectivity index (χ0n) is 66.3. The van der Waals surface area contributed by atoms with Gasteiger partial charge in [-0.25, -0.2) is 9.13 Å². The molecule has 17 nitrogen and oxygen atoms in total. The number of carbonyl (C=O) groups excluding carboxylic acids is 4. The Morgan fingerprint density at radius 1 is 0.274 bits per heavy atom. The van der Waals surface area contributed by atoms with Crippen molar-refractivity contribution in [3.63, 3.8) is 0 Å². The van der Waals surface area contributed by atoms with Crippen molar-refractivity contribution in [2.24, 2.45) is 0 Å². The molecule has 0 aliphatic carbocycles. The van der Waals surface area contributed by atoms with Crippen LogP contribution in [0.2, 0.25) is 0 Å². The second kappa shape index (κ2) is 78.1. The Balaban J connectivity index is 5.45. The summed E-state index contributed by atoms with van der Waals surface area (Å²) in [5.41, 5.74) is 0. The van der Waals surface area contributed by atoms with Gasteiger partial charge in [-0.3, -0.25) is 37.3 Å². The average Bonchev–Trinajstić information content (AvgIpc) is 0.928. The summed E-state index contributed by atoms with van der Waals surface area (Å²) in [7, 11) is -10.00. The van der Waals surface area contributed by atoms with Gasteiger partial charge in [0.25, 0.3) is 0 Å². The van der Waals surface area contributed by atoms with Crippen molar-refractivity contribution < 1.29 is 80.2 Å². The van der Waals surface area contributed by atoms with Gasteiger partial charge in [0.15, 0.2) is 12.2 Å². The first-order valence-electron chi connectivity index (χ1n) is 41.1. The van der Waals surface area contributed by atoms with E-state index in [0.29, 0.717) is 32.1 Å². The van der Waals surface area contributed by atoms with Crippen LogP contribution in [0.4, 0.5) is 0 Å². The van der Waals surface area contributed by atoms with E-state index in [1.54, 1.807) is 0 Å². The SMILES string of the molecule is CC/C=C\C/C=C\C/C=C\C/C=C\C/C=C\CCCC(=O)OCC(COP(=O)(O)OCC(O)COP(=O)(O)OCC(COC(=O)CCCCCCCC/C=C\C/C=C\C/C=C\CCCCC)OC(=O)CCCCCCC/C=C\C/C=C\CCCCC)OC(=O)CCCCCCC/C=C\C/C=C\CCCCC. The molecule has 606 valence electrons. The predicted molar refractivity (Wildman–Crippen MR) is 436 cm³/mol. The number of aliphatic hydroxyl groups is 1. The Labute approximate surface area is 643 Å².